The highest BCUT2D eigenvalue weighted by Gasteiger charge is 2.21. The van der Waals surface area contributed by atoms with E-state index >= 15 is 0 Å². The fraction of sp³-hybridized carbons (Fsp3) is 0.211. The Morgan fingerprint density at radius 3 is 2.46 bits per heavy atom. The Balaban J connectivity index is 1.73. The largest absolute Gasteiger partial charge is 0.355 e. The van der Waals surface area contributed by atoms with Gasteiger partial charge in [0.25, 0.3) is 5.91 Å². The van der Waals surface area contributed by atoms with E-state index in [4.69, 9.17) is 0 Å². The molecule has 1 aromatic heterocycles. The lowest BCUT2D eigenvalue weighted by molar-refractivity contribution is 0.0963. The predicted molar refractivity (Wildman–Crippen MR) is 102 cm³/mol. The van der Waals surface area contributed by atoms with Crippen molar-refractivity contribution in [1.82, 2.24) is 14.2 Å². The SMILES string of the molecule is CNC(=O)c1ccc(S(=O)(=O)N(C)CCn2ccc3ccccc32)cc1. The Bertz CT molecular complexity index is 1020. The van der Waals surface area contributed by atoms with Gasteiger partial charge in [-0.15, -0.1) is 0 Å². The van der Waals surface area contributed by atoms with E-state index in [1.54, 1.807) is 7.05 Å². The first-order valence-electron chi connectivity index (χ1n) is 8.26. The molecule has 0 radical (unpaired) electrons. The average molecular weight is 371 g/mol. The summed E-state index contributed by atoms with van der Waals surface area (Å²) in [5.74, 6) is -0.248. The lowest BCUT2D eigenvalue weighted by Crippen LogP contribution is -2.30. The van der Waals surface area contributed by atoms with Gasteiger partial charge in [-0.25, -0.2) is 8.42 Å². The van der Waals surface area contributed by atoms with Crippen LogP contribution in [0.25, 0.3) is 10.9 Å². The van der Waals surface area contributed by atoms with Crippen LogP contribution in [0.3, 0.4) is 0 Å². The molecule has 3 rings (SSSR count). The van der Waals surface area contributed by atoms with Gasteiger partial charge in [-0.2, -0.15) is 4.31 Å². The van der Waals surface area contributed by atoms with Crippen LogP contribution in [-0.4, -0.2) is 43.8 Å². The summed E-state index contributed by atoms with van der Waals surface area (Å²) in [6.07, 6.45) is 1.96. The predicted octanol–water partition coefficient (Wildman–Crippen LogP) is 2.32. The monoisotopic (exact) mass is 371 g/mol. The van der Waals surface area contributed by atoms with Gasteiger partial charge in [-0.05, 0) is 41.8 Å². The van der Waals surface area contributed by atoms with E-state index in [9.17, 15) is 13.2 Å². The lowest BCUT2D eigenvalue weighted by Gasteiger charge is -2.18. The van der Waals surface area contributed by atoms with Crippen molar-refractivity contribution < 1.29 is 13.2 Å². The van der Waals surface area contributed by atoms with Crippen molar-refractivity contribution in [3.05, 3.63) is 66.4 Å². The Morgan fingerprint density at radius 2 is 1.77 bits per heavy atom. The minimum atomic E-state index is -3.61. The first-order valence-corrected chi connectivity index (χ1v) is 9.70. The van der Waals surface area contributed by atoms with Crippen LogP contribution in [0, 0.1) is 0 Å². The molecule has 1 N–H and O–H groups in total. The van der Waals surface area contributed by atoms with Gasteiger partial charge in [0.15, 0.2) is 0 Å². The topological polar surface area (TPSA) is 71.4 Å². The van der Waals surface area contributed by atoms with E-state index in [1.165, 1.54) is 35.6 Å². The van der Waals surface area contributed by atoms with Crippen LogP contribution in [0.1, 0.15) is 10.4 Å². The van der Waals surface area contributed by atoms with Crippen LogP contribution in [0.15, 0.2) is 65.7 Å². The van der Waals surface area contributed by atoms with E-state index in [0.717, 1.165) is 10.9 Å². The fourth-order valence-electron chi connectivity index (χ4n) is 2.81. The molecule has 0 saturated carbocycles. The van der Waals surface area contributed by atoms with Gasteiger partial charge in [0.1, 0.15) is 0 Å². The standard InChI is InChI=1S/C19H21N3O3S/c1-20-19(23)16-7-9-17(10-8-16)26(24,25)21(2)13-14-22-12-11-15-5-3-4-6-18(15)22/h3-12H,13-14H2,1-2H3,(H,20,23). The number of nitrogens with one attached hydrogen (secondary N) is 1. The summed E-state index contributed by atoms with van der Waals surface area (Å²) in [5, 5.41) is 3.64. The number of hydrogen-bond donors (Lipinski definition) is 1. The molecule has 0 aliphatic carbocycles. The summed E-state index contributed by atoms with van der Waals surface area (Å²) >= 11 is 0. The van der Waals surface area contributed by atoms with Crippen LogP contribution in [0.4, 0.5) is 0 Å². The van der Waals surface area contributed by atoms with Crippen molar-refractivity contribution in [3.8, 4) is 0 Å². The molecule has 0 fully saturated rings. The minimum Gasteiger partial charge on any atom is -0.355 e. The molecule has 0 aliphatic heterocycles. The van der Waals surface area contributed by atoms with Gasteiger partial charge in [0.2, 0.25) is 10.0 Å². The Labute approximate surface area is 153 Å². The summed E-state index contributed by atoms with van der Waals surface area (Å²) in [4.78, 5) is 11.7. The number of fused-ring (bicyclic) bond motifs is 1. The van der Waals surface area contributed by atoms with E-state index in [1.807, 2.05) is 41.1 Å². The third-order valence-electron chi connectivity index (χ3n) is 4.39. The average Bonchev–Trinajstić information content (AvgIpc) is 3.08. The van der Waals surface area contributed by atoms with E-state index in [2.05, 4.69) is 5.32 Å². The quantitative estimate of drug-likeness (QED) is 0.723. The van der Waals surface area contributed by atoms with Crippen molar-refractivity contribution >= 4 is 26.8 Å². The number of para-hydroxylation sites is 1. The van der Waals surface area contributed by atoms with Crippen LogP contribution in [-0.2, 0) is 16.6 Å². The Kier molecular flexibility index (Phi) is 5.11. The molecular weight excluding hydrogens is 350 g/mol. The molecule has 0 aliphatic rings. The van der Waals surface area contributed by atoms with E-state index in [0.29, 0.717) is 18.7 Å². The number of nitrogens with zero attached hydrogens (tertiary/aromatic N) is 2. The van der Waals surface area contributed by atoms with Gasteiger partial charge in [0.05, 0.1) is 4.90 Å². The van der Waals surface area contributed by atoms with Crippen LogP contribution >= 0.6 is 0 Å². The van der Waals surface area contributed by atoms with Gasteiger partial charge in [-0.1, -0.05) is 18.2 Å². The zero-order valence-electron chi connectivity index (χ0n) is 14.7. The zero-order valence-corrected chi connectivity index (χ0v) is 15.5. The highest BCUT2D eigenvalue weighted by Crippen LogP contribution is 2.17. The highest BCUT2D eigenvalue weighted by molar-refractivity contribution is 7.89. The van der Waals surface area contributed by atoms with Crippen LogP contribution in [0.5, 0.6) is 0 Å². The third kappa shape index (κ3) is 3.49. The molecule has 0 atom stereocenters. The number of carbonyl (C=O) groups excluding carboxylic acids is 1. The number of carbonyl (C=O) groups is 1. The highest BCUT2D eigenvalue weighted by atomic mass is 32.2. The van der Waals surface area contributed by atoms with Crippen molar-refractivity contribution in [2.24, 2.45) is 0 Å². The summed E-state index contributed by atoms with van der Waals surface area (Å²) in [5.41, 5.74) is 1.50. The molecule has 136 valence electrons. The summed E-state index contributed by atoms with van der Waals surface area (Å²) < 4.78 is 28.8. The molecule has 0 spiro atoms. The Morgan fingerprint density at radius 1 is 1.08 bits per heavy atom. The molecule has 0 saturated heterocycles. The fourth-order valence-corrected chi connectivity index (χ4v) is 3.97. The second-order valence-corrected chi connectivity index (χ2v) is 8.04. The minimum absolute atomic E-state index is 0.171. The number of amides is 1. The number of benzene rings is 2. The first-order chi connectivity index (χ1) is 12.4. The molecule has 6 nitrogen and oxygen atoms in total. The molecule has 1 heterocycles. The number of aromatic nitrogens is 1. The van der Waals surface area contributed by atoms with Gasteiger partial charge >= 0.3 is 0 Å². The first kappa shape index (κ1) is 18.2. The van der Waals surface area contributed by atoms with Crippen LogP contribution in [0.2, 0.25) is 0 Å². The molecule has 2 aromatic carbocycles. The number of sulfonamides is 1. The van der Waals surface area contributed by atoms with E-state index < -0.39 is 10.0 Å². The maximum absolute atomic E-state index is 12.7. The molecule has 26 heavy (non-hydrogen) atoms. The van der Waals surface area contributed by atoms with Gasteiger partial charge in [-0.3, -0.25) is 4.79 Å². The zero-order chi connectivity index (χ0) is 18.7. The summed E-state index contributed by atoms with van der Waals surface area (Å²) in [6.45, 7) is 0.901. The Hall–Kier alpha value is -2.64. The summed E-state index contributed by atoms with van der Waals surface area (Å²) in [7, 11) is -0.510. The molecule has 3 aromatic rings. The smallest absolute Gasteiger partial charge is 0.251 e. The lowest BCUT2D eigenvalue weighted by atomic mass is 10.2. The van der Waals surface area contributed by atoms with Crippen molar-refractivity contribution in [3.63, 3.8) is 0 Å². The maximum Gasteiger partial charge on any atom is 0.251 e. The normalized spacial score (nSPS) is 11.8. The molecule has 7 heteroatoms. The van der Waals surface area contributed by atoms with Crippen molar-refractivity contribution in [1.29, 1.82) is 0 Å². The maximum atomic E-state index is 12.7. The van der Waals surface area contributed by atoms with E-state index in [-0.39, 0.29) is 10.8 Å². The second kappa shape index (κ2) is 7.31. The van der Waals surface area contributed by atoms with Gasteiger partial charge < -0.3 is 9.88 Å². The number of hydrogen-bond acceptors (Lipinski definition) is 3. The van der Waals surface area contributed by atoms with Crippen molar-refractivity contribution in [2.75, 3.05) is 20.6 Å². The molecule has 0 unspecified atom stereocenters. The third-order valence-corrected chi connectivity index (χ3v) is 6.26. The molecular formula is C19H21N3O3S. The molecule has 0 bridgehead atoms. The van der Waals surface area contributed by atoms with Gasteiger partial charge in [0, 0.05) is 44.5 Å². The summed E-state index contributed by atoms with van der Waals surface area (Å²) in [6, 6.07) is 15.9. The molecule has 1 amide bonds. The van der Waals surface area contributed by atoms with Crippen molar-refractivity contribution in [2.45, 2.75) is 11.4 Å². The number of likely N-dealkylation sites (N-methyl/N-ethyl adjacent to an activating group) is 1. The van der Waals surface area contributed by atoms with Crippen LogP contribution < -0.4 is 5.32 Å². The number of rotatable bonds is 6. The second-order valence-electron chi connectivity index (χ2n) is 6.00.